The van der Waals surface area contributed by atoms with Gasteiger partial charge in [-0.2, -0.15) is 0 Å². The molecule has 3 heteroatoms. The molecule has 0 fully saturated rings. The first-order valence-corrected chi connectivity index (χ1v) is 6.22. The predicted octanol–water partition coefficient (Wildman–Crippen LogP) is 3.52. The quantitative estimate of drug-likeness (QED) is 0.520. The minimum Gasteiger partial charge on any atom is 0 e. The van der Waals surface area contributed by atoms with Crippen molar-refractivity contribution >= 4 is 57.0 Å². The van der Waals surface area contributed by atoms with Crippen molar-refractivity contribution in [2.75, 3.05) is 0 Å². The zero-order valence-electron chi connectivity index (χ0n) is 9.63. The van der Waals surface area contributed by atoms with Crippen LogP contribution < -0.4 is 4.46 Å². The molecule has 0 bridgehead atoms. The fraction of sp³-hybridized carbons (Fsp3) is 0.571. The second-order valence-electron chi connectivity index (χ2n) is 4.21. The summed E-state index contributed by atoms with van der Waals surface area (Å²) in [6.45, 7) is 8.75. The fourth-order valence-corrected chi connectivity index (χ4v) is 2.81. The Kier molecular flexibility index (Phi) is 13.0. The van der Waals surface area contributed by atoms with E-state index in [1.165, 1.54) is 15.6 Å². The van der Waals surface area contributed by atoms with E-state index in [4.69, 9.17) is 12.6 Å². The van der Waals surface area contributed by atoms with Gasteiger partial charge >= 0.3 is 101 Å². The maximum absolute atomic E-state index is 5.44. The Balaban J connectivity index is -0.000000653. The molecule has 0 amide bonds. The Morgan fingerprint density at radius 3 is 1.65 bits per heavy atom. The molecule has 0 nitrogen and oxygen atoms in total. The van der Waals surface area contributed by atoms with E-state index < -0.39 is 0 Å². The van der Waals surface area contributed by atoms with Crippen LogP contribution in [0.2, 0.25) is 0 Å². The summed E-state index contributed by atoms with van der Waals surface area (Å²) in [4.78, 5) is 1.01. The molecule has 0 atom stereocenters. The zero-order chi connectivity index (χ0) is 10.9. The predicted molar refractivity (Wildman–Crippen MR) is 84.9 cm³/mol. The Labute approximate surface area is 139 Å². The topological polar surface area (TPSA) is 0 Å². The first-order chi connectivity index (χ1) is 6.45. The van der Waals surface area contributed by atoms with Crippen LogP contribution in [0.5, 0.6) is 0 Å². The summed E-state index contributed by atoms with van der Waals surface area (Å²) < 4.78 is 1.17. The van der Waals surface area contributed by atoms with E-state index in [0.29, 0.717) is 11.8 Å². The van der Waals surface area contributed by atoms with Gasteiger partial charge in [0.05, 0.1) is 0 Å². The van der Waals surface area contributed by atoms with Gasteiger partial charge in [-0.15, -0.1) is 0 Å². The minimum atomic E-state index is 0. The summed E-state index contributed by atoms with van der Waals surface area (Å²) in [5.74, 6) is 1.05. The Morgan fingerprint density at radius 1 is 0.941 bits per heavy atom. The van der Waals surface area contributed by atoms with Gasteiger partial charge in [0, 0.05) is 23.9 Å². The molecule has 97 valence electrons. The first kappa shape index (κ1) is 22.9. The van der Waals surface area contributed by atoms with Gasteiger partial charge in [-0.1, -0.05) is 14.9 Å². The molecule has 0 N–H and O–H groups in total. The van der Waals surface area contributed by atoms with Crippen LogP contribution in [0, 0.1) is 0 Å². The molecule has 0 aliphatic rings. The van der Waals surface area contributed by atoms with Crippen LogP contribution >= 0.6 is 0 Å². The van der Waals surface area contributed by atoms with Gasteiger partial charge in [0.2, 0.25) is 0 Å². The first-order valence-electron chi connectivity index (χ1n) is 4.96. The molecule has 1 aromatic rings. The summed E-state index contributed by atoms with van der Waals surface area (Å²) >= 11 is 8.56. The van der Waals surface area contributed by atoms with Gasteiger partial charge in [-0.25, -0.2) is 0 Å². The molecular weight excluding hydrogens is 398 g/mol. The third-order valence-electron chi connectivity index (χ3n) is 2.42. The summed E-state index contributed by atoms with van der Waals surface area (Å²) in [6.07, 6.45) is 0. The molecule has 0 unspecified atom stereocenters. The van der Waals surface area contributed by atoms with Crippen molar-refractivity contribution in [3.63, 3.8) is 0 Å². The van der Waals surface area contributed by atoms with E-state index in [2.05, 4.69) is 55.8 Å². The van der Waals surface area contributed by atoms with Gasteiger partial charge in [-0.3, -0.25) is 0 Å². The average molecular weight is 422 g/mol. The second kappa shape index (κ2) is 9.66. The van der Waals surface area contributed by atoms with E-state index in [1.807, 2.05) is 0 Å². The van der Waals surface area contributed by atoms with Crippen molar-refractivity contribution in [3.05, 3.63) is 23.3 Å². The molecule has 1 aromatic carbocycles. The molecule has 0 saturated heterocycles. The number of rotatable bonds is 2. The minimum absolute atomic E-state index is 0. The second-order valence-corrected chi connectivity index (χ2v) is 5.48. The number of benzene rings is 1. The van der Waals surface area contributed by atoms with Crippen molar-refractivity contribution in [2.24, 2.45) is 0 Å². The average Bonchev–Trinajstić information content (AvgIpc) is 2.08. The monoisotopic (exact) mass is 424 g/mol. The number of hydrogen-bond donors (Lipinski definition) is 0. The van der Waals surface area contributed by atoms with Crippen LogP contribution in [0.15, 0.2) is 17.0 Å². The molecule has 17 heavy (non-hydrogen) atoms. The molecule has 1 rings (SSSR count). The molecule has 0 aromatic heterocycles. The van der Waals surface area contributed by atoms with Crippen molar-refractivity contribution in [2.45, 2.75) is 59.3 Å². The van der Waals surface area contributed by atoms with Crippen LogP contribution in [0.1, 0.15) is 65.5 Å². The van der Waals surface area contributed by atoms with E-state index in [1.54, 1.807) is 0 Å². The maximum Gasteiger partial charge on any atom is 0 e. The van der Waals surface area contributed by atoms with Gasteiger partial charge in [0.15, 0.2) is 0 Å². The van der Waals surface area contributed by atoms with Gasteiger partial charge in [-0.05, 0) is 0 Å². The largest absolute Gasteiger partial charge is 0 e. The standard InChI is InChI=1S/C12H17SSe.2CH4.Sn/c1-7(2)9-5-6-10(8(3)4)12(14)11(9)13;;;/h5-8,13H,1-4H3;2*1H4;/p-1. The summed E-state index contributed by atoms with van der Waals surface area (Å²) in [5.41, 5.74) is 2.61. The van der Waals surface area contributed by atoms with E-state index in [9.17, 15) is 0 Å². The number of hydrogen-bond acceptors (Lipinski definition) is 1. The van der Waals surface area contributed by atoms with Gasteiger partial charge in [0.25, 0.3) is 0 Å². The van der Waals surface area contributed by atoms with Gasteiger partial charge < -0.3 is 0 Å². The molecular formula is C14H24SSeSn-. The fourth-order valence-electron chi connectivity index (χ4n) is 1.50. The maximum atomic E-state index is 5.44. The SMILES string of the molecule is C.C.CC(C)c1ccc(C(C)C)c([Se])c1[S-].[Sn]. The van der Waals surface area contributed by atoms with Crippen molar-refractivity contribution in [1.82, 2.24) is 0 Å². The molecule has 0 heterocycles. The Bertz CT molecular complexity index is 302. The van der Waals surface area contributed by atoms with E-state index >= 15 is 0 Å². The van der Waals surface area contributed by atoms with Crippen LogP contribution in [0.4, 0.5) is 0 Å². The van der Waals surface area contributed by atoms with Gasteiger partial charge in [0.1, 0.15) is 0 Å². The van der Waals surface area contributed by atoms with Crippen LogP contribution in [0.25, 0.3) is 0 Å². The Hall–Kier alpha value is 0.758. The molecule has 5 radical (unpaired) electrons. The summed E-state index contributed by atoms with van der Waals surface area (Å²) in [5, 5.41) is 0. The third-order valence-corrected chi connectivity index (χ3v) is 4.07. The smallest absolute Gasteiger partial charge is 0 e. The summed E-state index contributed by atoms with van der Waals surface area (Å²) in [6, 6.07) is 4.37. The molecule has 0 aliphatic carbocycles. The van der Waals surface area contributed by atoms with Crippen LogP contribution in [0.3, 0.4) is 0 Å². The van der Waals surface area contributed by atoms with Crippen molar-refractivity contribution < 1.29 is 0 Å². The third kappa shape index (κ3) is 5.50. The molecule has 0 saturated carbocycles. The summed E-state index contributed by atoms with van der Waals surface area (Å²) in [7, 11) is 0. The van der Waals surface area contributed by atoms with Crippen LogP contribution in [-0.2, 0) is 12.6 Å². The van der Waals surface area contributed by atoms with E-state index in [-0.39, 0.29) is 38.8 Å². The van der Waals surface area contributed by atoms with Crippen molar-refractivity contribution in [1.29, 1.82) is 0 Å². The van der Waals surface area contributed by atoms with E-state index in [0.717, 1.165) is 4.90 Å². The zero-order valence-corrected chi connectivity index (χ0v) is 15.0. The van der Waals surface area contributed by atoms with Crippen LogP contribution in [-0.4, -0.2) is 39.9 Å². The molecule has 0 aliphatic heterocycles. The normalized spacial score (nSPS) is 9.29. The molecule has 0 spiro atoms. The van der Waals surface area contributed by atoms with Crippen molar-refractivity contribution in [3.8, 4) is 0 Å². The Morgan fingerprint density at radius 2 is 1.29 bits per heavy atom.